The van der Waals surface area contributed by atoms with Crippen molar-refractivity contribution in [2.24, 2.45) is 5.92 Å². The van der Waals surface area contributed by atoms with Crippen LogP contribution in [0.3, 0.4) is 0 Å². The Labute approximate surface area is 113 Å². The van der Waals surface area contributed by atoms with Gasteiger partial charge in [-0.3, -0.25) is 4.79 Å². The van der Waals surface area contributed by atoms with Crippen LogP contribution >= 0.6 is 0 Å². The van der Waals surface area contributed by atoms with Crippen molar-refractivity contribution in [2.75, 3.05) is 6.79 Å². The molecule has 19 heavy (non-hydrogen) atoms. The highest BCUT2D eigenvalue weighted by atomic mass is 16.7. The van der Waals surface area contributed by atoms with Crippen LogP contribution in [0.25, 0.3) is 0 Å². The second kappa shape index (κ2) is 7.26. The fraction of sp³-hybridized carbons (Fsp3) is 0.533. The molecule has 1 aliphatic rings. The molecular weight excluding hydrogens is 244 g/mol. The van der Waals surface area contributed by atoms with Crippen LogP contribution in [-0.4, -0.2) is 24.0 Å². The maximum Gasteiger partial charge on any atom is 0.306 e. The third-order valence-electron chi connectivity index (χ3n) is 3.52. The first-order valence-corrected chi connectivity index (χ1v) is 6.72. The molecule has 0 atom stereocenters. The van der Waals surface area contributed by atoms with Gasteiger partial charge in [-0.15, -0.1) is 0 Å². The first-order chi connectivity index (χ1) is 9.25. The molecule has 1 saturated carbocycles. The summed E-state index contributed by atoms with van der Waals surface area (Å²) in [5.41, 5.74) is 1.13. The standard InChI is InChI=1S/C15H20O4/c16-15(17)13-6-8-14(9-7-13)19-11-18-10-12-4-2-1-3-5-12/h1-5,13-14H,6-11H2,(H,16,17). The lowest BCUT2D eigenvalue weighted by atomic mass is 9.87. The Morgan fingerprint density at radius 2 is 1.84 bits per heavy atom. The molecule has 2 rings (SSSR count). The average Bonchev–Trinajstić information content (AvgIpc) is 2.45. The molecule has 0 heterocycles. The van der Waals surface area contributed by atoms with Crippen LogP contribution in [0.15, 0.2) is 30.3 Å². The largest absolute Gasteiger partial charge is 0.481 e. The van der Waals surface area contributed by atoms with Crippen molar-refractivity contribution in [3.05, 3.63) is 35.9 Å². The van der Waals surface area contributed by atoms with E-state index in [0.29, 0.717) is 19.4 Å². The molecule has 0 aromatic heterocycles. The monoisotopic (exact) mass is 264 g/mol. The highest BCUT2D eigenvalue weighted by Gasteiger charge is 2.26. The Balaban J connectivity index is 1.58. The molecule has 1 N–H and O–H groups in total. The molecule has 1 fully saturated rings. The van der Waals surface area contributed by atoms with Gasteiger partial charge in [-0.05, 0) is 31.2 Å². The molecule has 0 aliphatic heterocycles. The third kappa shape index (κ3) is 4.65. The summed E-state index contributed by atoms with van der Waals surface area (Å²) in [5.74, 6) is -0.871. The van der Waals surface area contributed by atoms with E-state index in [2.05, 4.69) is 0 Å². The zero-order valence-corrected chi connectivity index (χ0v) is 11.0. The normalized spacial score (nSPS) is 23.2. The molecule has 0 radical (unpaired) electrons. The number of ether oxygens (including phenoxy) is 2. The molecule has 1 aromatic rings. The van der Waals surface area contributed by atoms with Crippen molar-refractivity contribution in [1.29, 1.82) is 0 Å². The Hall–Kier alpha value is -1.39. The average molecular weight is 264 g/mol. The number of benzene rings is 1. The summed E-state index contributed by atoms with van der Waals surface area (Å²) >= 11 is 0. The predicted molar refractivity (Wildman–Crippen MR) is 70.6 cm³/mol. The quantitative estimate of drug-likeness (QED) is 0.634. The second-order valence-electron chi connectivity index (χ2n) is 4.93. The Morgan fingerprint density at radius 1 is 1.16 bits per heavy atom. The van der Waals surface area contributed by atoms with Crippen LogP contribution in [0.5, 0.6) is 0 Å². The number of hydrogen-bond donors (Lipinski definition) is 1. The van der Waals surface area contributed by atoms with E-state index < -0.39 is 5.97 Å². The second-order valence-corrected chi connectivity index (χ2v) is 4.93. The number of carbonyl (C=O) groups is 1. The lowest BCUT2D eigenvalue weighted by Crippen LogP contribution is -2.26. The van der Waals surface area contributed by atoms with Crippen molar-refractivity contribution in [2.45, 2.75) is 38.4 Å². The van der Waals surface area contributed by atoms with E-state index in [9.17, 15) is 4.79 Å². The van der Waals surface area contributed by atoms with Gasteiger partial charge in [0.05, 0.1) is 18.6 Å². The lowest BCUT2D eigenvalue weighted by molar-refractivity contribution is -0.145. The third-order valence-corrected chi connectivity index (χ3v) is 3.52. The summed E-state index contributed by atoms with van der Waals surface area (Å²) in [6, 6.07) is 9.95. The van der Waals surface area contributed by atoms with Gasteiger partial charge in [-0.1, -0.05) is 30.3 Å². The SMILES string of the molecule is O=C(O)C1CCC(OCOCc2ccccc2)CC1. The topological polar surface area (TPSA) is 55.8 Å². The molecule has 104 valence electrons. The van der Waals surface area contributed by atoms with Crippen molar-refractivity contribution in [1.82, 2.24) is 0 Å². The van der Waals surface area contributed by atoms with Crippen molar-refractivity contribution in [3.63, 3.8) is 0 Å². The van der Waals surface area contributed by atoms with Crippen molar-refractivity contribution >= 4 is 5.97 Å². The van der Waals surface area contributed by atoms with E-state index in [1.165, 1.54) is 0 Å². The summed E-state index contributed by atoms with van der Waals surface area (Å²) in [6.07, 6.45) is 3.18. The molecule has 0 spiro atoms. The van der Waals surface area contributed by atoms with Gasteiger partial charge < -0.3 is 14.6 Å². The summed E-state index contributed by atoms with van der Waals surface area (Å²) in [4.78, 5) is 10.8. The maximum absolute atomic E-state index is 10.8. The van der Waals surface area contributed by atoms with E-state index in [1.54, 1.807) is 0 Å². The maximum atomic E-state index is 10.8. The smallest absolute Gasteiger partial charge is 0.306 e. The lowest BCUT2D eigenvalue weighted by Gasteiger charge is -2.25. The molecule has 4 nitrogen and oxygen atoms in total. The first-order valence-electron chi connectivity index (χ1n) is 6.72. The van der Waals surface area contributed by atoms with Crippen LogP contribution in [0, 0.1) is 5.92 Å². The number of carboxylic acids is 1. The number of hydrogen-bond acceptors (Lipinski definition) is 3. The van der Waals surface area contributed by atoms with Gasteiger partial charge in [0.1, 0.15) is 6.79 Å². The van der Waals surface area contributed by atoms with Crippen LogP contribution in [0.2, 0.25) is 0 Å². The molecule has 1 aliphatic carbocycles. The van der Waals surface area contributed by atoms with Gasteiger partial charge in [0, 0.05) is 0 Å². The Kier molecular flexibility index (Phi) is 5.36. The highest BCUT2D eigenvalue weighted by molar-refractivity contribution is 5.70. The number of carboxylic acid groups (broad SMARTS) is 1. The van der Waals surface area contributed by atoms with E-state index in [1.807, 2.05) is 30.3 Å². The van der Waals surface area contributed by atoms with Gasteiger partial charge in [0.2, 0.25) is 0 Å². The van der Waals surface area contributed by atoms with Crippen LogP contribution in [0.1, 0.15) is 31.2 Å². The van der Waals surface area contributed by atoms with Crippen LogP contribution < -0.4 is 0 Å². The molecule has 0 saturated heterocycles. The van der Waals surface area contributed by atoms with Gasteiger partial charge in [-0.2, -0.15) is 0 Å². The minimum Gasteiger partial charge on any atom is -0.481 e. The van der Waals surface area contributed by atoms with Crippen molar-refractivity contribution < 1.29 is 19.4 Å². The Morgan fingerprint density at radius 3 is 2.47 bits per heavy atom. The summed E-state index contributed by atoms with van der Waals surface area (Å²) in [5, 5.41) is 8.90. The molecule has 4 heteroatoms. The minimum absolute atomic E-state index is 0.145. The van der Waals surface area contributed by atoms with E-state index in [0.717, 1.165) is 18.4 Å². The van der Waals surface area contributed by atoms with Crippen LogP contribution in [0.4, 0.5) is 0 Å². The predicted octanol–water partition coefficient (Wildman–Crippen LogP) is 2.82. The Bertz CT molecular complexity index is 382. The van der Waals surface area contributed by atoms with Gasteiger partial charge in [0.15, 0.2) is 0 Å². The zero-order valence-electron chi connectivity index (χ0n) is 11.0. The van der Waals surface area contributed by atoms with E-state index >= 15 is 0 Å². The molecule has 0 bridgehead atoms. The fourth-order valence-electron chi connectivity index (χ4n) is 2.35. The van der Waals surface area contributed by atoms with E-state index in [4.69, 9.17) is 14.6 Å². The zero-order chi connectivity index (χ0) is 13.5. The van der Waals surface area contributed by atoms with E-state index in [-0.39, 0.29) is 18.8 Å². The highest BCUT2D eigenvalue weighted by Crippen LogP contribution is 2.26. The number of aliphatic carboxylic acids is 1. The van der Waals surface area contributed by atoms with Gasteiger partial charge in [-0.25, -0.2) is 0 Å². The molecule has 0 amide bonds. The number of rotatable bonds is 6. The minimum atomic E-state index is -0.682. The summed E-state index contributed by atoms with van der Waals surface area (Å²) in [7, 11) is 0. The molecule has 1 aromatic carbocycles. The van der Waals surface area contributed by atoms with Gasteiger partial charge in [0.25, 0.3) is 0 Å². The molecular formula is C15H20O4. The first kappa shape index (κ1) is 14.0. The van der Waals surface area contributed by atoms with Crippen molar-refractivity contribution in [3.8, 4) is 0 Å². The van der Waals surface area contributed by atoms with Gasteiger partial charge >= 0.3 is 5.97 Å². The van der Waals surface area contributed by atoms with Crippen LogP contribution in [-0.2, 0) is 20.9 Å². The fourth-order valence-corrected chi connectivity index (χ4v) is 2.35. The molecule has 0 unspecified atom stereocenters. The summed E-state index contributed by atoms with van der Waals surface area (Å²) in [6.45, 7) is 0.822. The summed E-state index contributed by atoms with van der Waals surface area (Å²) < 4.78 is 11.1.